The predicted molar refractivity (Wildman–Crippen MR) is 60.5 cm³/mol. The number of Topliss-reactive ketones (excluding diaryl/α,β-unsaturated/α-hetero) is 1. The highest BCUT2D eigenvalue weighted by Crippen LogP contribution is 2.19. The number of ether oxygens (including phenoxy) is 1. The summed E-state index contributed by atoms with van der Waals surface area (Å²) in [6, 6.07) is 7.37. The quantitative estimate of drug-likeness (QED) is 0.571. The molecule has 0 spiro atoms. The Balaban J connectivity index is 2.73. The number of carbonyl (C=O) groups is 1. The fourth-order valence-corrected chi connectivity index (χ4v) is 1.28. The maximum absolute atomic E-state index is 11.6. The molecule has 1 rings (SSSR count). The lowest BCUT2D eigenvalue weighted by atomic mass is 10.1. The van der Waals surface area contributed by atoms with Gasteiger partial charge < -0.3 is 10.1 Å². The zero-order valence-electron chi connectivity index (χ0n) is 9.25. The van der Waals surface area contributed by atoms with Gasteiger partial charge in [-0.1, -0.05) is 19.1 Å². The van der Waals surface area contributed by atoms with Gasteiger partial charge in [0.15, 0.2) is 5.78 Å². The highest BCUT2D eigenvalue weighted by molar-refractivity contribution is 5.98. The minimum absolute atomic E-state index is 0.120. The first-order chi connectivity index (χ1) is 7.29. The normalized spacial score (nSPS) is 10.0. The molecule has 0 heterocycles. The van der Waals surface area contributed by atoms with Crippen molar-refractivity contribution in [2.75, 3.05) is 20.2 Å². The third-order valence-corrected chi connectivity index (χ3v) is 2.12. The summed E-state index contributed by atoms with van der Waals surface area (Å²) in [5.41, 5.74) is 0.677. The molecule has 0 aliphatic carbocycles. The van der Waals surface area contributed by atoms with Crippen molar-refractivity contribution in [1.82, 2.24) is 5.32 Å². The molecule has 1 aromatic carbocycles. The topological polar surface area (TPSA) is 38.3 Å². The highest BCUT2D eigenvalue weighted by atomic mass is 16.5. The van der Waals surface area contributed by atoms with E-state index in [0.29, 0.717) is 24.3 Å². The van der Waals surface area contributed by atoms with Gasteiger partial charge in [0, 0.05) is 13.0 Å². The van der Waals surface area contributed by atoms with E-state index >= 15 is 0 Å². The Labute approximate surface area is 90.4 Å². The number of rotatable bonds is 6. The fraction of sp³-hybridized carbons (Fsp3) is 0.417. The van der Waals surface area contributed by atoms with Crippen LogP contribution in [0.15, 0.2) is 24.3 Å². The van der Waals surface area contributed by atoms with Gasteiger partial charge >= 0.3 is 0 Å². The van der Waals surface area contributed by atoms with Crippen LogP contribution in [0, 0.1) is 0 Å². The van der Waals surface area contributed by atoms with Gasteiger partial charge in [-0.25, -0.2) is 0 Å². The van der Waals surface area contributed by atoms with Gasteiger partial charge in [0.05, 0.1) is 5.56 Å². The molecule has 15 heavy (non-hydrogen) atoms. The van der Waals surface area contributed by atoms with Crippen LogP contribution in [0.1, 0.15) is 23.7 Å². The largest absolute Gasteiger partial charge is 0.492 e. The Hall–Kier alpha value is -1.35. The maximum Gasteiger partial charge on any atom is 0.166 e. The van der Waals surface area contributed by atoms with Crippen LogP contribution in [0.25, 0.3) is 0 Å². The molecule has 3 heteroatoms. The van der Waals surface area contributed by atoms with Crippen LogP contribution in [-0.2, 0) is 0 Å². The summed E-state index contributed by atoms with van der Waals surface area (Å²) < 4.78 is 5.52. The average Bonchev–Trinajstić information content (AvgIpc) is 2.29. The molecule has 82 valence electrons. The van der Waals surface area contributed by atoms with Crippen molar-refractivity contribution in [3.05, 3.63) is 29.8 Å². The van der Waals surface area contributed by atoms with E-state index in [9.17, 15) is 4.79 Å². The Bertz CT molecular complexity index is 323. The molecule has 0 saturated heterocycles. The van der Waals surface area contributed by atoms with Crippen LogP contribution in [0.4, 0.5) is 0 Å². The van der Waals surface area contributed by atoms with Crippen molar-refractivity contribution in [3.8, 4) is 5.75 Å². The standard InChI is InChI=1S/C12H17NO2/c1-3-11(14)10-6-4-5-7-12(10)15-9-8-13-2/h4-7,13H,3,8-9H2,1-2H3. The summed E-state index contributed by atoms with van der Waals surface area (Å²) >= 11 is 0. The van der Waals surface area contributed by atoms with E-state index in [1.807, 2.05) is 32.2 Å². The van der Waals surface area contributed by atoms with E-state index in [0.717, 1.165) is 6.54 Å². The number of hydrogen-bond donors (Lipinski definition) is 1. The van der Waals surface area contributed by atoms with Crippen molar-refractivity contribution < 1.29 is 9.53 Å². The second-order valence-corrected chi connectivity index (χ2v) is 3.22. The van der Waals surface area contributed by atoms with Gasteiger partial charge in [0.25, 0.3) is 0 Å². The molecular weight excluding hydrogens is 190 g/mol. The first-order valence-corrected chi connectivity index (χ1v) is 5.19. The molecule has 0 aliphatic heterocycles. The van der Waals surface area contributed by atoms with Crippen molar-refractivity contribution >= 4 is 5.78 Å². The van der Waals surface area contributed by atoms with Gasteiger partial charge in [0.2, 0.25) is 0 Å². The summed E-state index contributed by atoms with van der Waals surface area (Å²) in [6.07, 6.45) is 0.506. The lowest BCUT2D eigenvalue weighted by molar-refractivity contribution is 0.0984. The van der Waals surface area contributed by atoms with E-state index in [1.54, 1.807) is 6.07 Å². The smallest absolute Gasteiger partial charge is 0.166 e. The molecule has 0 unspecified atom stereocenters. The first kappa shape index (κ1) is 11.7. The van der Waals surface area contributed by atoms with Crippen LogP contribution < -0.4 is 10.1 Å². The molecule has 1 N–H and O–H groups in total. The van der Waals surface area contributed by atoms with E-state index in [4.69, 9.17) is 4.74 Å². The monoisotopic (exact) mass is 207 g/mol. The van der Waals surface area contributed by atoms with Crippen LogP contribution in [0.3, 0.4) is 0 Å². The van der Waals surface area contributed by atoms with E-state index in [2.05, 4.69) is 5.32 Å². The minimum Gasteiger partial charge on any atom is -0.492 e. The Morgan fingerprint density at radius 2 is 2.13 bits per heavy atom. The number of likely N-dealkylation sites (N-methyl/N-ethyl adjacent to an activating group) is 1. The van der Waals surface area contributed by atoms with Gasteiger partial charge in [-0.05, 0) is 19.2 Å². The molecule has 1 aromatic rings. The predicted octanol–water partition coefficient (Wildman–Crippen LogP) is 1.88. The molecule has 0 fully saturated rings. The molecule has 0 bridgehead atoms. The van der Waals surface area contributed by atoms with Crippen molar-refractivity contribution in [1.29, 1.82) is 0 Å². The Morgan fingerprint density at radius 1 is 1.40 bits per heavy atom. The van der Waals surface area contributed by atoms with Gasteiger partial charge in [-0.2, -0.15) is 0 Å². The van der Waals surface area contributed by atoms with Gasteiger partial charge in [0.1, 0.15) is 12.4 Å². The average molecular weight is 207 g/mol. The maximum atomic E-state index is 11.6. The number of para-hydroxylation sites is 1. The summed E-state index contributed by atoms with van der Waals surface area (Å²) in [7, 11) is 1.87. The number of carbonyl (C=O) groups excluding carboxylic acids is 1. The lowest BCUT2D eigenvalue weighted by Crippen LogP contribution is -2.16. The first-order valence-electron chi connectivity index (χ1n) is 5.19. The van der Waals surface area contributed by atoms with Crippen molar-refractivity contribution in [2.24, 2.45) is 0 Å². The van der Waals surface area contributed by atoms with Crippen molar-refractivity contribution in [2.45, 2.75) is 13.3 Å². The highest BCUT2D eigenvalue weighted by Gasteiger charge is 2.09. The van der Waals surface area contributed by atoms with Crippen LogP contribution in [-0.4, -0.2) is 26.0 Å². The van der Waals surface area contributed by atoms with Gasteiger partial charge in [-0.15, -0.1) is 0 Å². The molecule has 0 saturated carbocycles. The second-order valence-electron chi connectivity index (χ2n) is 3.22. The summed E-state index contributed by atoms with van der Waals surface area (Å²) in [4.78, 5) is 11.6. The number of ketones is 1. The van der Waals surface area contributed by atoms with E-state index in [-0.39, 0.29) is 5.78 Å². The zero-order chi connectivity index (χ0) is 11.1. The molecular formula is C12H17NO2. The van der Waals surface area contributed by atoms with E-state index in [1.165, 1.54) is 0 Å². The Morgan fingerprint density at radius 3 is 2.80 bits per heavy atom. The SMILES string of the molecule is CCC(=O)c1ccccc1OCCNC. The molecule has 0 atom stereocenters. The lowest BCUT2D eigenvalue weighted by Gasteiger charge is -2.09. The number of nitrogens with one attached hydrogen (secondary N) is 1. The van der Waals surface area contributed by atoms with Gasteiger partial charge in [-0.3, -0.25) is 4.79 Å². The Kier molecular flexibility index (Phi) is 4.84. The number of benzene rings is 1. The second kappa shape index (κ2) is 6.19. The number of hydrogen-bond acceptors (Lipinski definition) is 3. The summed E-state index contributed by atoms with van der Waals surface area (Å²) in [5.74, 6) is 0.801. The molecule has 0 aromatic heterocycles. The van der Waals surface area contributed by atoms with Crippen LogP contribution in [0.2, 0.25) is 0 Å². The third kappa shape index (κ3) is 3.36. The molecule has 3 nitrogen and oxygen atoms in total. The summed E-state index contributed by atoms with van der Waals surface area (Å²) in [5, 5.41) is 2.99. The van der Waals surface area contributed by atoms with Crippen LogP contribution in [0.5, 0.6) is 5.75 Å². The fourth-order valence-electron chi connectivity index (χ4n) is 1.28. The molecule has 0 radical (unpaired) electrons. The third-order valence-electron chi connectivity index (χ3n) is 2.12. The minimum atomic E-state index is 0.120. The summed E-state index contributed by atoms with van der Waals surface area (Å²) in [6.45, 7) is 3.20. The van der Waals surface area contributed by atoms with Crippen molar-refractivity contribution in [3.63, 3.8) is 0 Å². The van der Waals surface area contributed by atoms with E-state index < -0.39 is 0 Å². The van der Waals surface area contributed by atoms with Crippen LogP contribution >= 0.6 is 0 Å². The molecule has 0 amide bonds. The molecule has 0 aliphatic rings. The zero-order valence-corrected chi connectivity index (χ0v) is 9.25.